The Labute approximate surface area is 161 Å². The Hall–Kier alpha value is -3.35. The van der Waals surface area contributed by atoms with Gasteiger partial charge in [0.1, 0.15) is 12.6 Å². The maximum absolute atomic E-state index is 12.6. The number of amides is 1. The van der Waals surface area contributed by atoms with Crippen molar-refractivity contribution in [3.8, 4) is 11.1 Å². The highest BCUT2D eigenvalue weighted by Crippen LogP contribution is 2.44. The number of aliphatic carboxylic acids is 2. The predicted molar refractivity (Wildman–Crippen MR) is 98.9 cm³/mol. The molecule has 1 heterocycles. The van der Waals surface area contributed by atoms with Crippen LogP contribution in [0, 0.1) is 5.92 Å². The Kier molecular flexibility index (Phi) is 4.50. The Morgan fingerprint density at radius 1 is 0.929 bits per heavy atom. The van der Waals surface area contributed by atoms with E-state index in [0.717, 1.165) is 27.2 Å². The van der Waals surface area contributed by atoms with Gasteiger partial charge in [-0.3, -0.25) is 9.69 Å². The van der Waals surface area contributed by atoms with Gasteiger partial charge in [0.15, 0.2) is 0 Å². The van der Waals surface area contributed by atoms with Crippen LogP contribution in [0.2, 0.25) is 0 Å². The summed E-state index contributed by atoms with van der Waals surface area (Å²) < 4.78 is 5.46. The third-order valence-corrected chi connectivity index (χ3v) is 5.51. The highest BCUT2D eigenvalue weighted by atomic mass is 16.6. The predicted octanol–water partition coefficient (Wildman–Crippen LogP) is 2.80. The summed E-state index contributed by atoms with van der Waals surface area (Å²) in [6.45, 7) is -0.101. The maximum Gasteiger partial charge on any atom is 0.410 e. The Morgan fingerprint density at radius 2 is 1.50 bits per heavy atom. The van der Waals surface area contributed by atoms with E-state index in [4.69, 9.17) is 9.84 Å². The van der Waals surface area contributed by atoms with Crippen LogP contribution in [-0.4, -0.2) is 52.3 Å². The second kappa shape index (κ2) is 6.99. The molecule has 2 aromatic rings. The monoisotopic (exact) mass is 381 g/mol. The minimum absolute atomic E-state index is 0.0629. The van der Waals surface area contributed by atoms with Crippen LogP contribution >= 0.6 is 0 Å². The number of fused-ring (bicyclic) bond motifs is 3. The van der Waals surface area contributed by atoms with Gasteiger partial charge < -0.3 is 14.9 Å². The van der Waals surface area contributed by atoms with E-state index in [1.807, 2.05) is 48.5 Å². The zero-order chi connectivity index (χ0) is 19.8. The lowest BCUT2D eigenvalue weighted by atomic mass is 9.98. The summed E-state index contributed by atoms with van der Waals surface area (Å²) >= 11 is 0. The first-order valence-corrected chi connectivity index (χ1v) is 9.04. The van der Waals surface area contributed by atoms with E-state index in [9.17, 15) is 19.5 Å². The number of nitrogens with zero attached hydrogens (tertiary/aromatic N) is 1. The highest BCUT2D eigenvalue weighted by Gasteiger charge is 2.43. The van der Waals surface area contributed by atoms with Crippen LogP contribution in [0.4, 0.5) is 4.79 Å². The SMILES string of the molecule is O=C(O)[C@@H]1C[C@@H](C(=O)O)N(C(=O)OCC2c3ccccc3-c3ccccc32)C1. The normalized spacial score (nSPS) is 20.5. The average molecular weight is 381 g/mol. The molecule has 4 rings (SSSR count). The van der Waals surface area contributed by atoms with Gasteiger partial charge in [-0.25, -0.2) is 9.59 Å². The lowest BCUT2D eigenvalue weighted by Crippen LogP contribution is -2.41. The molecule has 7 nitrogen and oxygen atoms in total. The molecule has 2 N–H and O–H groups in total. The molecule has 2 aromatic carbocycles. The molecule has 2 aliphatic rings. The fourth-order valence-electron chi connectivity index (χ4n) is 4.13. The van der Waals surface area contributed by atoms with E-state index in [-0.39, 0.29) is 25.5 Å². The Bertz CT molecular complexity index is 910. The molecule has 2 atom stereocenters. The fraction of sp³-hybridized carbons (Fsp3) is 0.286. The smallest absolute Gasteiger partial charge is 0.410 e. The van der Waals surface area contributed by atoms with E-state index in [0.29, 0.717) is 0 Å². The zero-order valence-corrected chi connectivity index (χ0v) is 14.9. The average Bonchev–Trinajstić information content (AvgIpc) is 3.27. The van der Waals surface area contributed by atoms with Crippen molar-refractivity contribution in [3.05, 3.63) is 59.7 Å². The maximum atomic E-state index is 12.6. The molecule has 1 amide bonds. The molecule has 1 saturated heterocycles. The molecule has 1 fully saturated rings. The van der Waals surface area contributed by atoms with Crippen molar-refractivity contribution in [1.82, 2.24) is 4.90 Å². The van der Waals surface area contributed by atoms with Gasteiger partial charge in [-0.2, -0.15) is 0 Å². The Morgan fingerprint density at radius 3 is 2.04 bits per heavy atom. The number of likely N-dealkylation sites (tertiary alicyclic amines) is 1. The molecule has 0 aromatic heterocycles. The summed E-state index contributed by atoms with van der Waals surface area (Å²) in [7, 11) is 0. The molecule has 0 radical (unpaired) electrons. The van der Waals surface area contributed by atoms with Gasteiger partial charge in [0.05, 0.1) is 5.92 Å². The summed E-state index contributed by atoms with van der Waals surface area (Å²) in [5.41, 5.74) is 4.29. The largest absolute Gasteiger partial charge is 0.481 e. The first kappa shape index (κ1) is 18.0. The van der Waals surface area contributed by atoms with Gasteiger partial charge >= 0.3 is 18.0 Å². The van der Waals surface area contributed by atoms with Crippen molar-refractivity contribution in [2.45, 2.75) is 18.4 Å². The van der Waals surface area contributed by atoms with Crippen LogP contribution in [-0.2, 0) is 14.3 Å². The minimum atomic E-state index is -1.22. The molecule has 0 unspecified atom stereocenters. The summed E-state index contributed by atoms with van der Waals surface area (Å²) in [6.07, 6.45) is -0.910. The van der Waals surface area contributed by atoms with E-state index in [1.165, 1.54) is 0 Å². The Balaban J connectivity index is 1.52. The lowest BCUT2D eigenvalue weighted by molar-refractivity contribution is -0.141. The number of hydrogen-bond donors (Lipinski definition) is 2. The molecule has 28 heavy (non-hydrogen) atoms. The summed E-state index contributed by atoms with van der Waals surface area (Å²) in [5, 5.41) is 18.5. The number of ether oxygens (including phenoxy) is 1. The molecule has 144 valence electrons. The molecule has 1 aliphatic heterocycles. The molecule has 0 saturated carbocycles. The van der Waals surface area contributed by atoms with Gasteiger partial charge in [0.2, 0.25) is 0 Å². The molecular weight excluding hydrogens is 362 g/mol. The molecule has 1 aliphatic carbocycles. The van der Waals surface area contributed by atoms with Crippen LogP contribution < -0.4 is 0 Å². The van der Waals surface area contributed by atoms with E-state index < -0.39 is 30.0 Å². The number of benzene rings is 2. The van der Waals surface area contributed by atoms with Crippen molar-refractivity contribution in [1.29, 1.82) is 0 Å². The van der Waals surface area contributed by atoms with E-state index in [2.05, 4.69) is 0 Å². The number of carbonyl (C=O) groups is 3. The second-order valence-corrected chi connectivity index (χ2v) is 7.08. The third kappa shape index (κ3) is 2.98. The number of carboxylic acid groups (broad SMARTS) is 2. The van der Waals surface area contributed by atoms with Crippen LogP contribution in [0.1, 0.15) is 23.5 Å². The topological polar surface area (TPSA) is 104 Å². The number of rotatable bonds is 4. The van der Waals surface area contributed by atoms with E-state index >= 15 is 0 Å². The molecular formula is C21H19NO6. The molecule has 7 heteroatoms. The van der Waals surface area contributed by atoms with Crippen molar-refractivity contribution in [2.75, 3.05) is 13.2 Å². The quantitative estimate of drug-likeness (QED) is 0.844. The van der Waals surface area contributed by atoms with Gasteiger partial charge in [-0.1, -0.05) is 48.5 Å². The first-order chi connectivity index (χ1) is 13.5. The minimum Gasteiger partial charge on any atom is -0.481 e. The van der Waals surface area contributed by atoms with E-state index in [1.54, 1.807) is 0 Å². The zero-order valence-electron chi connectivity index (χ0n) is 14.9. The van der Waals surface area contributed by atoms with Crippen molar-refractivity contribution >= 4 is 18.0 Å². The van der Waals surface area contributed by atoms with Gasteiger partial charge in [-0.15, -0.1) is 0 Å². The van der Waals surface area contributed by atoms with Crippen molar-refractivity contribution in [3.63, 3.8) is 0 Å². The molecule has 0 spiro atoms. The number of carbonyl (C=O) groups excluding carboxylic acids is 1. The summed E-state index contributed by atoms with van der Waals surface area (Å²) in [6, 6.07) is 14.6. The molecule has 0 bridgehead atoms. The third-order valence-electron chi connectivity index (χ3n) is 5.51. The van der Waals surface area contributed by atoms with Crippen LogP contribution in [0.3, 0.4) is 0 Å². The van der Waals surface area contributed by atoms with Gasteiger partial charge in [0.25, 0.3) is 0 Å². The standard InChI is InChI=1S/C21H19NO6/c23-19(24)12-9-18(20(25)26)22(10-12)21(27)28-11-17-15-7-3-1-5-13(15)14-6-2-4-8-16(14)17/h1-8,12,17-18H,9-11H2,(H,23,24)(H,25,26)/t12-,18+/m1/s1. The van der Waals surface area contributed by atoms with Crippen molar-refractivity contribution < 1.29 is 29.3 Å². The lowest BCUT2D eigenvalue weighted by Gasteiger charge is -2.22. The van der Waals surface area contributed by atoms with Crippen LogP contribution in [0.5, 0.6) is 0 Å². The van der Waals surface area contributed by atoms with Crippen LogP contribution in [0.15, 0.2) is 48.5 Å². The summed E-state index contributed by atoms with van der Waals surface area (Å²) in [4.78, 5) is 36.2. The first-order valence-electron chi connectivity index (χ1n) is 9.04. The fourth-order valence-corrected chi connectivity index (χ4v) is 4.13. The highest BCUT2D eigenvalue weighted by molar-refractivity contribution is 5.84. The second-order valence-electron chi connectivity index (χ2n) is 7.08. The van der Waals surface area contributed by atoms with Crippen LogP contribution in [0.25, 0.3) is 11.1 Å². The number of hydrogen-bond acceptors (Lipinski definition) is 4. The van der Waals surface area contributed by atoms with Gasteiger partial charge in [0, 0.05) is 12.5 Å². The number of carboxylic acids is 2. The van der Waals surface area contributed by atoms with Gasteiger partial charge in [-0.05, 0) is 28.7 Å². The summed E-state index contributed by atoms with van der Waals surface area (Å²) in [5.74, 6) is -3.38. The van der Waals surface area contributed by atoms with Crippen molar-refractivity contribution in [2.24, 2.45) is 5.92 Å².